The number of hydrogen-bond acceptors (Lipinski definition) is 0. The van der Waals surface area contributed by atoms with Gasteiger partial charge in [0.1, 0.15) is 12.2 Å². The molecule has 0 amide bonds. The van der Waals surface area contributed by atoms with Gasteiger partial charge in [-0.15, -0.1) is 12.1 Å². The molecule has 0 saturated heterocycles. The van der Waals surface area contributed by atoms with Crippen LogP contribution in [0.4, 0.5) is 0 Å². The van der Waals surface area contributed by atoms with Gasteiger partial charge in [0.25, 0.3) is 0 Å². The van der Waals surface area contributed by atoms with Gasteiger partial charge in [-0.25, -0.2) is 0 Å². The molecule has 2 aromatic carbocycles. The largest absolute Gasteiger partial charge is 0.255 e. The van der Waals surface area contributed by atoms with Crippen LogP contribution in [0.5, 0.6) is 0 Å². The van der Waals surface area contributed by atoms with Crippen LogP contribution in [0, 0.1) is 12.9 Å². The van der Waals surface area contributed by atoms with Crippen LogP contribution < -0.4 is 0 Å². The minimum absolute atomic E-state index is 0.357. The summed E-state index contributed by atoms with van der Waals surface area (Å²) in [5, 5.41) is 0. The summed E-state index contributed by atoms with van der Waals surface area (Å²) in [7, 11) is 0. The van der Waals surface area contributed by atoms with Crippen LogP contribution in [0.1, 0.15) is 15.2 Å². The van der Waals surface area contributed by atoms with E-state index in [0.717, 1.165) is 22.7 Å². The molecule has 0 saturated carbocycles. The van der Waals surface area contributed by atoms with Crippen molar-refractivity contribution in [2.24, 2.45) is 0 Å². The van der Waals surface area contributed by atoms with E-state index in [2.05, 4.69) is 12.8 Å². The second kappa shape index (κ2) is 5.22. The summed E-state index contributed by atoms with van der Waals surface area (Å²) in [6.07, 6.45) is 7.85. The first-order valence-electron chi connectivity index (χ1n) is 7.98. The van der Waals surface area contributed by atoms with E-state index in [1.54, 1.807) is 12.1 Å². The summed E-state index contributed by atoms with van der Waals surface area (Å²) in [5.41, 5.74) is 3.46. The molecule has 0 aliphatic carbocycles. The smallest absolute Gasteiger partial charge is 0.146 e. The molecule has 0 unspecified atom stereocenters. The van der Waals surface area contributed by atoms with Gasteiger partial charge in [0.15, 0.2) is 0 Å². The van der Waals surface area contributed by atoms with Gasteiger partial charge in [-0.1, -0.05) is 54.1 Å². The van der Waals surface area contributed by atoms with Crippen molar-refractivity contribution in [3.63, 3.8) is 0 Å². The fourth-order valence-electron chi connectivity index (χ4n) is 2.26. The standard InChI is InChI=1S/C19H17N/c1-15-9-11-16(12-10-15)17-6-5-7-18(14-17)19-8-3-4-13-20(19)2/h3-14H,2H2,1H3/i1D3. The molecule has 0 aromatic heterocycles. The van der Waals surface area contributed by atoms with E-state index in [4.69, 9.17) is 4.11 Å². The van der Waals surface area contributed by atoms with E-state index in [1.807, 2.05) is 59.3 Å². The molecule has 1 nitrogen and oxygen atoms in total. The van der Waals surface area contributed by atoms with Gasteiger partial charge in [-0.05, 0) is 29.6 Å². The summed E-state index contributed by atoms with van der Waals surface area (Å²) in [6, 6.07) is 16.2. The summed E-state index contributed by atoms with van der Waals surface area (Å²) >= 11 is 0. The Labute approximate surface area is 124 Å². The predicted octanol–water partition coefficient (Wildman–Crippen LogP) is 4.34. The maximum absolute atomic E-state index is 7.44. The lowest BCUT2D eigenvalue weighted by molar-refractivity contribution is -0.417. The Hall–Kier alpha value is -2.54. The maximum atomic E-state index is 7.44. The monoisotopic (exact) mass is 262 g/mol. The van der Waals surface area contributed by atoms with Gasteiger partial charge >= 0.3 is 0 Å². The Morgan fingerprint density at radius 1 is 1.05 bits per heavy atom. The summed E-state index contributed by atoms with van der Waals surface area (Å²) in [5.74, 6) is 0. The third-order valence-electron chi connectivity index (χ3n) is 3.32. The number of hydrogen-bond donors (Lipinski definition) is 0. The van der Waals surface area contributed by atoms with Crippen LogP contribution in [0.2, 0.25) is 0 Å². The van der Waals surface area contributed by atoms with E-state index in [-0.39, 0.29) is 0 Å². The molecule has 2 aromatic rings. The zero-order valence-electron chi connectivity index (χ0n) is 14.1. The highest BCUT2D eigenvalue weighted by Crippen LogP contribution is 2.26. The molecule has 0 N–H and O–H groups in total. The predicted molar refractivity (Wildman–Crippen MR) is 84.6 cm³/mol. The van der Waals surface area contributed by atoms with Crippen molar-refractivity contribution in [2.45, 2.75) is 6.85 Å². The zero-order chi connectivity index (χ0) is 16.4. The Kier molecular flexibility index (Phi) is 2.45. The maximum Gasteiger partial charge on any atom is 0.146 e. The second-order valence-electron chi connectivity index (χ2n) is 4.71. The highest BCUT2D eigenvalue weighted by Gasteiger charge is 2.13. The van der Waals surface area contributed by atoms with Crippen LogP contribution >= 0.6 is 0 Å². The van der Waals surface area contributed by atoms with Gasteiger partial charge in [-0.2, -0.15) is 0 Å². The van der Waals surface area contributed by atoms with Gasteiger partial charge in [0.2, 0.25) is 0 Å². The molecular formula is C19H17N. The van der Waals surface area contributed by atoms with Crippen LogP contribution in [0.15, 0.2) is 73.0 Å². The van der Waals surface area contributed by atoms with Gasteiger partial charge < -0.3 is 0 Å². The number of benzene rings is 2. The Balaban J connectivity index is 1.92. The molecule has 0 fully saturated rings. The van der Waals surface area contributed by atoms with E-state index >= 15 is 0 Å². The molecule has 1 heteroatoms. The first kappa shape index (κ1) is 9.38. The number of allylic oxidation sites excluding steroid dienone is 2. The average Bonchev–Trinajstić information content (AvgIpc) is 2.55. The number of nitrogens with zero attached hydrogens (tertiary/aromatic N) is 1. The first-order valence-corrected chi connectivity index (χ1v) is 6.48. The number of rotatable bonds is 2. The Morgan fingerprint density at radius 2 is 1.90 bits per heavy atom. The zero-order valence-corrected chi connectivity index (χ0v) is 11.1. The highest BCUT2D eigenvalue weighted by atomic mass is 15.0. The third-order valence-corrected chi connectivity index (χ3v) is 3.32. The van der Waals surface area contributed by atoms with Crippen LogP contribution in [0.3, 0.4) is 0 Å². The van der Waals surface area contributed by atoms with Gasteiger partial charge in [0.05, 0.1) is 6.72 Å². The third kappa shape index (κ3) is 2.43. The van der Waals surface area contributed by atoms with E-state index in [0.29, 0.717) is 5.56 Å². The molecule has 0 radical (unpaired) electrons. The molecule has 0 bridgehead atoms. The van der Waals surface area contributed by atoms with Crippen molar-refractivity contribution < 1.29 is 8.69 Å². The quantitative estimate of drug-likeness (QED) is 0.559. The fraction of sp³-hybridized carbons (Fsp3) is 0.0526. The molecule has 98 valence electrons. The van der Waals surface area contributed by atoms with Gasteiger partial charge in [-0.3, -0.25) is 4.58 Å². The normalized spacial score (nSPS) is 16.7. The van der Waals surface area contributed by atoms with E-state index in [9.17, 15) is 0 Å². The van der Waals surface area contributed by atoms with E-state index < -0.39 is 6.85 Å². The summed E-state index contributed by atoms with van der Waals surface area (Å²) < 4.78 is 24.2. The summed E-state index contributed by atoms with van der Waals surface area (Å²) in [4.78, 5) is 0. The lowest BCUT2D eigenvalue weighted by atomic mass is 9.98. The van der Waals surface area contributed by atoms with Crippen LogP contribution in [0.25, 0.3) is 11.1 Å². The summed E-state index contributed by atoms with van der Waals surface area (Å²) in [6.45, 7) is 1.93. The highest BCUT2D eigenvalue weighted by molar-refractivity contribution is 5.65. The van der Waals surface area contributed by atoms with Crippen molar-refractivity contribution in [3.05, 3.63) is 90.1 Å². The average molecular weight is 262 g/mol. The molecule has 0 atom stereocenters. The van der Waals surface area contributed by atoms with Crippen molar-refractivity contribution in [2.75, 3.05) is 0 Å². The lowest BCUT2D eigenvalue weighted by Gasteiger charge is -2.17. The molecular weight excluding hydrogens is 242 g/mol. The number of aryl methyl sites for hydroxylation is 1. The fourth-order valence-corrected chi connectivity index (χ4v) is 2.26. The molecule has 1 aliphatic rings. The topological polar surface area (TPSA) is 3.01 Å². The first-order chi connectivity index (χ1) is 10.9. The second-order valence-corrected chi connectivity index (χ2v) is 4.71. The van der Waals surface area contributed by atoms with Crippen molar-refractivity contribution >= 4 is 6.72 Å². The van der Waals surface area contributed by atoms with E-state index in [1.165, 1.54) is 0 Å². The molecule has 20 heavy (non-hydrogen) atoms. The van der Waals surface area contributed by atoms with Crippen LogP contribution in [-0.4, -0.2) is 11.3 Å². The minimum atomic E-state index is -2.07. The molecule has 1 heterocycles. The van der Waals surface area contributed by atoms with Crippen LogP contribution in [-0.2, 0) is 0 Å². The Morgan fingerprint density at radius 3 is 2.65 bits per heavy atom. The molecule has 1 aliphatic heterocycles. The van der Waals surface area contributed by atoms with Gasteiger partial charge in [0, 0.05) is 4.11 Å². The Bertz CT molecular complexity index is 783. The SMILES string of the molecule is [2H]C([2H])([2H])c1ccc(-c2cccc([C-]3C=CC=C[N+]3=C)c2)cc1. The molecule has 3 rings (SSSR count). The molecule has 0 spiro atoms. The van der Waals surface area contributed by atoms with Crippen molar-refractivity contribution in [1.82, 2.24) is 0 Å². The van der Waals surface area contributed by atoms with Crippen molar-refractivity contribution in [3.8, 4) is 11.1 Å². The lowest BCUT2D eigenvalue weighted by Crippen LogP contribution is -2.12. The van der Waals surface area contributed by atoms with Crippen molar-refractivity contribution in [1.29, 1.82) is 0 Å². The minimum Gasteiger partial charge on any atom is -0.255 e.